The summed E-state index contributed by atoms with van der Waals surface area (Å²) in [7, 11) is 0. The van der Waals surface area contributed by atoms with Crippen LogP contribution < -0.4 is 4.74 Å². The predicted molar refractivity (Wildman–Crippen MR) is 97.8 cm³/mol. The van der Waals surface area contributed by atoms with Gasteiger partial charge in [0.1, 0.15) is 5.75 Å². The number of thiazole rings is 1. The maximum Gasteiger partial charge on any atom is 0.331 e. The van der Waals surface area contributed by atoms with Crippen molar-refractivity contribution in [3.05, 3.63) is 45.9 Å². The zero-order chi connectivity index (χ0) is 17.5. The van der Waals surface area contributed by atoms with Gasteiger partial charge in [-0.2, -0.15) is 0 Å². The second-order valence-electron chi connectivity index (χ2n) is 6.08. The summed E-state index contributed by atoms with van der Waals surface area (Å²) in [5.41, 5.74) is 2.49. The van der Waals surface area contributed by atoms with Crippen LogP contribution >= 0.6 is 22.9 Å². The van der Waals surface area contributed by atoms with Crippen molar-refractivity contribution in [2.45, 2.75) is 25.7 Å². The van der Waals surface area contributed by atoms with Crippen LogP contribution in [-0.2, 0) is 16.1 Å². The Bertz CT molecular complexity index is 655. The molecule has 3 rings (SSSR count). The minimum absolute atomic E-state index is 0.234. The first-order valence-electron chi connectivity index (χ1n) is 8.40. The van der Waals surface area contributed by atoms with Crippen LogP contribution in [0.3, 0.4) is 0 Å². The van der Waals surface area contributed by atoms with Crippen LogP contribution in [0.25, 0.3) is 0 Å². The molecule has 1 aliphatic rings. The molecule has 1 saturated heterocycles. The van der Waals surface area contributed by atoms with Crippen molar-refractivity contribution in [1.29, 1.82) is 0 Å². The lowest BCUT2D eigenvalue weighted by molar-refractivity contribution is -0.196. The molecule has 0 spiro atoms. The first-order valence-corrected chi connectivity index (χ1v) is 9.72. The van der Waals surface area contributed by atoms with Crippen molar-refractivity contribution in [2.75, 3.05) is 19.7 Å². The third-order valence-corrected chi connectivity index (χ3v) is 5.11. The molecule has 1 aliphatic heterocycles. The highest BCUT2D eigenvalue weighted by Crippen LogP contribution is 2.22. The maximum atomic E-state index is 11.9. The van der Waals surface area contributed by atoms with E-state index >= 15 is 0 Å². The predicted octanol–water partition coefficient (Wildman–Crippen LogP) is 3.98. The van der Waals surface area contributed by atoms with Crippen molar-refractivity contribution in [2.24, 2.45) is 5.92 Å². The first kappa shape index (κ1) is 18.2. The summed E-state index contributed by atoms with van der Waals surface area (Å²) in [5, 5.41) is 4.35. The molecule has 25 heavy (non-hydrogen) atoms. The van der Waals surface area contributed by atoms with Crippen LogP contribution in [0, 0.1) is 5.92 Å². The molecule has 7 heteroatoms. The highest BCUT2D eigenvalue weighted by atomic mass is 35.5. The van der Waals surface area contributed by atoms with E-state index in [2.05, 4.69) is 4.98 Å². The molecule has 0 N–H and O–H groups in total. The van der Waals surface area contributed by atoms with Gasteiger partial charge in [0.15, 0.2) is 0 Å². The molecule has 0 bridgehead atoms. The quantitative estimate of drug-likeness (QED) is 0.727. The van der Waals surface area contributed by atoms with Gasteiger partial charge in [0.25, 0.3) is 0 Å². The number of piperidine rings is 1. The first-order chi connectivity index (χ1) is 12.2. The number of hydrogen-bond acceptors (Lipinski definition) is 6. The summed E-state index contributed by atoms with van der Waals surface area (Å²) in [6.07, 6.45) is 3.25. The number of halogens is 1. The number of benzene rings is 1. The average Bonchev–Trinajstić information content (AvgIpc) is 3.11. The lowest BCUT2D eigenvalue weighted by Gasteiger charge is -2.30. The van der Waals surface area contributed by atoms with Gasteiger partial charge in [0.05, 0.1) is 24.2 Å². The third kappa shape index (κ3) is 5.99. The van der Waals surface area contributed by atoms with Gasteiger partial charge in [-0.25, -0.2) is 9.78 Å². The Kier molecular flexibility index (Phi) is 6.67. The topological polar surface area (TPSA) is 51.7 Å². The Hall–Kier alpha value is -1.63. The summed E-state index contributed by atoms with van der Waals surface area (Å²) >= 11 is 7.34. The number of rotatable bonds is 7. The zero-order valence-electron chi connectivity index (χ0n) is 13.9. The molecule has 0 radical (unpaired) electrons. The molecule has 2 heterocycles. The smallest absolute Gasteiger partial charge is 0.331 e. The molecule has 134 valence electrons. The fourth-order valence-corrected chi connectivity index (χ4v) is 3.50. The van der Waals surface area contributed by atoms with E-state index < -0.39 is 0 Å². The SMILES string of the molecule is O=C(Cc1cscn1)ON1CCC(CCOc2ccc(Cl)cc2)CC1. The van der Waals surface area contributed by atoms with Crippen molar-refractivity contribution in [1.82, 2.24) is 10.0 Å². The normalized spacial score (nSPS) is 15.9. The van der Waals surface area contributed by atoms with Gasteiger partial charge in [-0.1, -0.05) is 11.6 Å². The monoisotopic (exact) mass is 380 g/mol. The van der Waals surface area contributed by atoms with E-state index in [1.165, 1.54) is 11.3 Å². The van der Waals surface area contributed by atoms with Gasteiger partial charge in [0, 0.05) is 23.5 Å². The van der Waals surface area contributed by atoms with Crippen LogP contribution in [0.5, 0.6) is 5.75 Å². The van der Waals surface area contributed by atoms with Crippen LogP contribution in [0.1, 0.15) is 25.0 Å². The fourth-order valence-electron chi connectivity index (χ4n) is 2.81. The number of aromatic nitrogens is 1. The van der Waals surface area contributed by atoms with Crippen LogP contribution in [0.4, 0.5) is 0 Å². The summed E-state index contributed by atoms with van der Waals surface area (Å²) in [6, 6.07) is 7.42. The van der Waals surface area contributed by atoms with Crippen LogP contribution in [0.15, 0.2) is 35.2 Å². The van der Waals surface area contributed by atoms with E-state index in [0.29, 0.717) is 17.5 Å². The molecule has 1 fully saturated rings. The summed E-state index contributed by atoms with van der Waals surface area (Å²) < 4.78 is 5.75. The standard InChI is InChI=1S/C18H21ClN2O3S/c19-15-1-3-17(4-2-15)23-10-7-14-5-8-21(9-6-14)24-18(22)11-16-12-25-13-20-16/h1-4,12-14H,5-11H2. The van der Waals surface area contributed by atoms with Gasteiger partial charge >= 0.3 is 5.97 Å². The van der Waals surface area contributed by atoms with Crippen molar-refractivity contribution >= 4 is 28.9 Å². The number of nitrogens with zero attached hydrogens (tertiary/aromatic N) is 2. The largest absolute Gasteiger partial charge is 0.494 e. The summed E-state index contributed by atoms with van der Waals surface area (Å²) in [4.78, 5) is 21.4. The molecule has 2 aromatic rings. The van der Waals surface area contributed by atoms with Gasteiger partial charge in [-0.05, 0) is 49.4 Å². The number of hydrogen-bond donors (Lipinski definition) is 0. The minimum Gasteiger partial charge on any atom is -0.494 e. The Labute approximate surface area is 156 Å². The Morgan fingerprint density at radius 3 is 2.72 bits per heavy atom. The Morgan fingerprint density at radius 2 is 2.04 bits per heavy atom. The molecule has 0 amide bonds. The van der Waals surface area contributed by atoms with E-state index in [1.54, 1.807) is 10.6 Å². The molecule has 1 aromatic heterocycles. The Balaban J connectivity index is 1.31. The molecular formula is C18H21ClN2O3S. The number of carbonyl (C=O) groups excluding carboxylic acids is 1. The second-order valence-corrected chi connectivity index (χ2v) is 7.24. The lowest BCUT2D eigenvalue weighted by atomic mass is 9.95. The Morgan fingerprint density at radius 1 is 1.28 bits per heavy atom. The molecule has 1 aromatic carbocycles. The van der Waals surface area contributed by atoms with E-state index in [4.69, 9.17) is 21.2 Å². The average molecular weight is 381 g/mol. The lowest BCUT2D eigenvalue weighted by Crippen LogP contribution is -2.36. The second kappa shape index (κ2) is 9.17. The highest BCUT2D eigenvalue weighted by Gasteiger charge is 2.22. The number of hydroxylamine groups is 2. The van der Waals surface area contributed by atoms with Crippen LogP contribution in [-0.4, -0.2) is 35.7 Å². The zero-order valence-corrected chi connectivity index (χ0v) is 15.5. The van der Waals surface area contributed by atoms with Crippen LogP contribution in [0.2, 0.25) is 5.02 Å². The summed E-state index contributed by atoms with van der Waals surface area (Å²) in [5.74, 6) is 1.20. The molecular weight excluding hydrogens is 360 g/mol. The van der Waals surface area contributed by atoms with Crippen molar-refractivity contribution in [3.63, 3.8) is 0 Å². The van der Waals surface area contributed by atoms with Crippen molar-refractivity contribution < 1.29 is 14.4 Å². The van der Waals surface area contributed by atoms with Gasteiger partial charge in [-0.15, -0.1) is 16.4 Å². The van der Waals surface area contributed by atoms with E-state index in [1.807, 2.05) is 29.6 Å². The van der Waals surface area contributed by atoms with Gasteiger partial charge in [-0.3, -0.25) is 0 Å². The van der Waals surface area contributed by atoms with E-state index in [0.717, 1.165) is 43.8 Å². The number of ether oxygens (including phenoxy) is 1. The van der Waals surface area contributed by atoms with Gasteiger partial charge < -0.3 is 9.57 Å². The van der Waals surface area contributed by atoms with Gasteiger partial charge in [0.2, 0.25) is 0 Å². The fraction of sp³-hybridized carbons (Fsp3) is 0.444. The number of carbonyl (C=O) groups is 1. The highest BCUT2D eigenvalue weighted by molar-refractivity contribution is 7.07. The van der Waals surface area contributed by atoms with E-state index in [9.17, 15) is 4.79 Å². The molecule has 0 atom stereocenters. The molecule has 0 unspecified atom stereocenters. The summed E-state index contributed by atoms with van der Waals surface area (Å²) in [6.45, 7) is 2.23. The minimum atomic E-state index is -0.240. The third-order valence-electron chi connectivity index (χ3n) is 4.22. The van der Waals surface area contributed by atoms with E-state index in [-0.39, 0.29) is 12.4 Å². The molecule has 0 aliphatic carbocycles. The van der Waals surface area contributed by atoms with Crippen molar-refractivity contribution in [3.8, 4) is 5.75 Å². The maximum absolute atomic E-state index is 11.9. The molecule has 0 saturated carbocycles. The molecule has 5 nitrogen and oxygen atoms in total.